The fourth-order valence-electron chi connectivity index (χ4n) is 3.02. The van der Waals surface area contributed by atoms with Gasteiger partial charge in [-0.25, -0.2) is 4.98 Å². The molecular weight excluding hydrogens is 258 g/mol. The van der Waals surface area contributed by atoms with Gasteiger partial charge in [0.25, 0.3) is 0 Å². The lowest BCUT2D eigenvalue weighted by atomic mass is 9.69. The minimum absolute atomic E-state index is 0.0845. The van der Waals surface area contributed by atoms with Crippen LogP contribution in [-0.4, -0.2) is 27.0 Å². The second-order valence-corrected chi connectivity index (χ2v) is 5.62. The highest BCUT2D eigenvalue weighted by Gasteiger charge is 2.36. The highest BCUT2D eigenvalue weighted by Crippen LogP contribution is 2.42. The van der Waals surface area contributed by atoms with Crippen LogP contribution >= 0.6 is 0 Å². The number of aromatic amines is 1. The van der Waals surface area contributed by atoms with E-state index in [1.165, 1.54) is 0 Å². The zero-order valence-corrected chi connectivity index (χ0v) is 11.5. The summed E-state index contributed by atoms with van der Waals surface area (Å²) in [4.78, 5) is 30.1. The third kappa shape index (κ3) is 4.08. The van der Waals surface area contributed by atoms with Crippen LogP contribution in [0.5, 0.6) is 0 Å². The van der Waals surface area contributed by atoms with Crippen LogP contribution in [0.25, 0.3) is 0 Å². The molecule has 1 aromatic rings. The Morgan fingerprint density at radius 1 is 1.30 bits per heavy atom. The molecule has 0 bridgehead atoms. The maximum atomic E-state index is 12.0. The summed E-state index contributed by atoms with van der Waals surface area (Å²) in [6, 6.07) is 0. The number of aromatic nitrogens is 2. The summed E-state index contributed by atoms with van der Waals surface area (Å²) >= 11 is 0. The molecular formula is C14H21N3O3. The van der Waals surface area contributed by atoms with Crippen LogP contribution in [-0.2, 0) is 16.1 Å². The van der Waals surface area contributed by atoms with E-state index in [-0.39, 0.29) is 17.7 Å². The average Bonchev–Trinajstić information content (AvgIpc) is 2.89. The lowest BCUT2D eigenvalue weighted by molar-refractivity contribution is -0.141. The first kappa shape index (κ1) is 14.6. The molecule has 110 valence electrons. The molecule has 0 saturated heterocycles. The molecule has 0 aromatic carbocycles. The predicted molar refractivity (Wildman–Crippen MR) is 72.8 cm³/mol. The number of hydrogen-bond acceptors (Lipinski definition) is 3. The molecule has 0 unspecified atom stereocenters. The third-order valence-corrected chi connectivity index (χ3v) is 3.98. The number of aliphatic carboxylic acids is 1. The van der Waals surface area contributed by atoms with E-state index in [1.807, 2.05) is 0 Å². The van der Waals surface area contributed by atoms with Crippen molar-refractivity contribution < 1.29 is 14.7 Å². The largest absolute Gasteiger partial charge is 0.481 e. The van der Waals surface area contributed by atoms with Gasteiger partial charge in [-0.05, 0) is 18.3 Å². The Hall–Kier alpha value is -1.85. The number of imidazole rings is 1. The average molecular weight is 279 g/mol. The molecule has 3 N–H and O–H groups in total. The minimum Gasteiger partial charge on any atom is -0.481 e. The summed E-state index contributed by atoms with van der Waals surface area (Å²) in [6.07, 6.45) is 8.53. The van der Waals surface area contributed by atoms with Crippen LogP contribution in [0.3, 0.4) is 0 Å². The first-order valence-electron chi connectivity index (χ1n) is 7.06. The van der Waals surface area contributed by atoms with Crippen LogP contribution in [0.1, 0.15) is 50.8 Å². The highest BCUT2D eigenvalue weighted by atomic mass is 16.4. The Labute approximate surface area is 118 Å². The standard InChI is InChI=1S/C14H21N3O3/c18-12(17-10-11-15-6-7-16-11)8-14(9-13(19)20)4-2-1-3-5-14/h6-7H,1-5,8-10H2,(H,15,16)(H,17,18)(H,19,20). The van der Waals surface area contributed by atoms with Crippen molar-refractivity contribution in [2.24, 2.45) is 5.41 Å². The van der Waals surface area contributed by atoms with Gasteiger partial charge in [-0.1, -0.05) is 19.3 Å². The highest BCUT2D eigenvalue weighted by molar-refractivity contribution is 5.78. The molecule has 6 heteroatoms. The molecule has 1 aromatic heterocycles. The van der Waals surface area contributed by atoms with Gasteiger partial charge in [0.1, 0.15) is 5.82 Å². The molecule has 1 amide bonds. The molecule has 1 saturated carbocycles. The summed E-state index contributed by atoms with van der Waals surface area (Å²) in [5.74, 6) is -0.204. The number of H-pyrrole nitrogens is 1. The van der Waals surface area contributed by atoms with E-state index in [4.69, 9.17) is 5.11 Å². The Balaban J connectivity index is 1.89. The monoisotopic (exact) mass is 279 g/mol. The number of carbonyl (C=O) groups is 2. The number of carboxylic acid groups (broad SMARTS) is 1. The van der Waals surface area contributed by atoms with Gasteiger partial charge in [0.2, 0.25) is 5.91 Å². The Morgan fingerprint density at radius 3 is 2.65 bits per heavy atom. The zero-order chi connectivity index (χ0) is 14.4. The molecule has 2 rings (SSSR count). The van der Waals surface area contributed by atoms with E-state index >= 15 is 0 Å². The molecule has 0 atom stereocenters. The molecule has 0 aliphatic heterocycles. The van der Waals surface area contributed by atoms with E-state index in [0.717, 1.165) is 32.1 Å². The van der Waals surface area contributed by atoms with E-state index < -0.39 is 5.97 Å². The number of amides is 1. The summed E-state index contributed by atoms with van der Waals surface area (Å²) in [7, 11) is 0. The number of nitrogens with one attached hydrogen (secondary N) is 2. The summed E-state index contributed by atoms with van der Waals surface area (Å²) in [5, 5.41) is 11.9. The van der Waals surface area contributed by atoms with Crippen LogP contribution in [0.4, 0.5) is 0 Å². The van der Waals surface area contributed by atoms with Crippen molar-refractivity contribution in [1.29, 1.82) is 0 Å². The van der Waals surface area contributed by atoms with Gasteiger partial charge in [-0.2, -0.15) is 0 Å². The topological polar surface area (TPSA) is 95.1 Å². The van der Waals surface area contributed by atoms with Crippen molar-refractivity contribution in [2.75, 3.05) is 0 Å². The van der Waals surface area contributed by atoms with Crippen LogP contribution < -0.4 is 5.32 Å². The second kappa shape index (κ2) is 6.54. The van der Waals surface area contributed by atoms with E-state index in [2.05, 4.69) is 15.3 Å². The first-order valence-corrected chi connectivity index (χ1v) is 7.06. The quantitative estimate of drug-likeness (QED) is 0.740. The smallest absolute Gasteiger partial charge is 0.303 e. The molecule has 6 nitrogen and oxygen atoms in total. The molecule has 1 aliphatic carbocycles. The maximum Gasteiger partial charge on any atom is 0.303 e. The normalized spacial score (nSPS) is 17.6. The van der Waals surface area contributed by atoms with Gasteiger partial charge in [-0.3, -0.25) is 9.59 Å². The van der Waals surface area contributed by atoms with Crippen molar-refractivity contribution in [1.82, 2.24) is 15.3 Å². The van der Waals surface area contributed by atoms with Gasteiger partial charge < -0.3 is 15.4 Å². The number of carboxylic acids is 1. The fourth-order valence-corrected chi connectivity index (χ4v) is 3.02. The van der Waals surface area contributed by atoms with Gasteiger partial charge in [0.15, 0.2) is 0 Å². The van der Waals surface area contributed by atoms with Crippen molar-refractivity contribution in [2.45, 2.75) is 51.5 Å². The van der Waals surface area contributed by atoms with Crippen LogP contribution in [0.15, 0.2) is 12.4 Å². The Bertz CT molecular complexity index is 450. The number of nitrogens with zero attached hydrogens (tertiary/aromatic N) is 1. The SMILES string of the molecule is O=C(O)CC1(CC(=O)NCc2ncc[nH]2)CCCCC1. The van der Waals surface area contributed by atoms with Gasteiger partial charge in [0.05, 0.1) is 13.0 Å². The molecule has 1 heterocycles. The zero-order valence-electron chi connectivity index (χ0n) is 11.5. The van der Waals surface area contributed by atoms with Gasteiger partial charge >= 0.3 is 5.97 Å². The molecule has 1 aliphatic rings. The molecule has 0 spiro atoms. The lowest BCUT2D eigenvalue weighted by Crippen LogP contribution is -2.35. The summed E-state index contributed by atoms with van der Waals surface area (Å²) in [6.45, 7) is 0.356. The Kier molecular flexibility index (Phi) is 4.76. The fraction of sp³-hybridized carbons (Fsp3) is 0.643. The van der Waals surface area contributed by atoms with Crippen molar-refractivity contribution in [3.05, 3.63) is 18.2 Å². The Morgan fingerprint density at radius 2 is 2.05 bits per heavy atom. The molecule has 20 heavy (non-hydrogen) atoms. The van der Waals surface area contributed by atoms with Crippen molar-refractivity contribution >= 4 is 11.9 Å². The van der Waals surface area contributed by atoms with E-state index in [9.17, 15) is 9.59 Å². The van der Waals surface area contributed by atoms with E-state index in [0.29, 0.717) is 18.8 Å². The number of hydrogen-bond donors (Lipinski definition) is 3. The maximum absolute atomic E-state index is 12.0. The molecule has 1 fully saturated rings. The van der Waals surface area contributed by atoms with Gasteiger partial charge in [0, 0.05) is 18.8 Å². The van der Waals surface area contributed by atoms with Crippen LogP contribution in [0.2, 0.25) is 0 Å². The first-order chi connectivity index (χ1) is 9.60. The predicted octanol–water partition coefficient (Wildman–Crippen LogP) is 1.84. The number of carbonyl (C=O) groups excluding carboxylic acids is 1. The number of rotatable bonds is 6. The van der Waals surface area contributed by atoms with E-state index in [1.54, 1.807) is 12.4 Å². The summed E-state index contributed by atoms with van der Waals surface area (Å²) < 4.78 is 0. The lowest BCUT2D eigenvalue weighted by Gasteiger charge is -2.35. The molecule has 0 radical (unpaired) electrons. The minimum atomic E-state index is -0.814. The van der Waals surface area contributed by atoms with Crippen LogP contribution in [0, 0.1) is 5.41 Å². The van der Waals surface area contributed by atoms with Gasteiger partial charge in [-0.15, -0.1) is 0 Å². The second-order valence-electron chi connectivity index (χ2n) is 5.62. The third-order valence-electron chi connectivity index (χ3n) is 3.98. The van der Waals surface area contributed by atoms with Crippen molar-refractivity contribution in [3.8, 4) is 0 Å². The summed E-state index contributed by atoms with van der Waals surface area (Å²) in [5.41, 5.74) is -0.364. The van der Waals surface area contributed by atoms with Crippen molar-refractivity contribution in [3.63, 3.8) is 0 Å².